The SMILES string of the molecule is C/C=C(\C)CNC(=O)NC1CCC1. The molecule has 0 heterocycles. The van der Waals surface area contributed by atoms with Crippen LogP contribution in [0.1, 0.15) is 33.1 Å². The molecule has 1 saturated carbocycles. The van der Waals surface area contributed by atoms with Gasteiger partial charge in [-0.1, -0.05) is 11.6 Å². The van der Waals surface area contributed by atoms with Crippen LogP contribution >= 0.6 is 0 Å². The minimum atomic E-state index is -0.0362. The fraction of sp³-hybridized carbons (Fsp3) is 0.700. The molecule has 13 heavy (non-hydrogen) atoms. The van der Waals surface area contributed by atoms with Gasteiger partial charge in [0.25, 0.3) is 0 Å². The van der Waals surface area contributed by atoms with E-state index in [2.05, 4.69) is 10.6 Å². The highest BCUT2D eigenvalue weighted by Crippen LogP contribution is 2.17. The number of rotatable bonds is 3. The van der Waals surface area contributed by atoms with Gasteiger partial charge in [-0.3, -0.25) is 0 Å². The molecule has 0 spiro atoms. The molecule has 2 amide bonds. The Hall–Kier alpha value is -0.990. The van der Waals surface area contributed by atoms with Gasteiger partial charge in [-0.05, 0) is 33.1 Å². The molecule has 1 aliphatic carbocycles. The molecule has 0 atom stereocenters. The number of allylic oxidation sites excluding steroid dienone is 1. The average Bonchev–Trinajstić information content (AvgIpc) is 2.07. The maximum absolute atomic E-state index is 11.2. The molecule has 0 radical (unpaired) electrons. The molecule has 0 aromatic rings. The van der Waals surface area contributed by atoms with Gasteiger partial charge in [0.15, 0.2) is 0 Å². The maximum Gasteiger partial charge on any atom is 0.315 e. The van der Waals surface area contributed by atoms with Gasteiger partial charge >= 0.3 is 6.03 Å². The predicted octanol–water partition coefficient (Wildman–Crippen LogP) is 1.80. The number of nitrogens with one attached hydrogen (secondary N) is 2. The summed E-state index contributed by atoms with van der Waals surface area (Å²) in [6.07, 6.45) is 5.52. The summed E-state index contributed by atoms with van der Waals surface area (Å²) in [6.45, 7) is 4.62. The van der Waals surface area contributed by atoms with Crippen LogP contribution in [0, 0.1) is 0 Å². The molecule has 1 aliphatic rings. The van der Waals surface area contributed by atoms with Crippen molar-refractivity contribution >= 4 is 6.03 Å². The van der Waals surface area contributed by atoms with E-state index in [-0.39, 0.29) is 6.03 Å². The minimum absolute atomic E-state index is 0.0362. The van der Waals surface area contributed by atoms with Gasteiger partial charge in [0, 0.05) is 12.6 Å². The zero-order valence-electron chi connectivity index (χ0n) is 8.39. The van der Waals surface area contributed by atoms with Crippen molar-refractivity contribution in [2.75, 3.05) is 6.54 Å². The number of carbonyl (C=O) groups is 1. The van der Waals surface area contributed by atoms with E-state index in [0.29, 0.717) is 12.6 Å². The summed E-state index contributed by atoms with van der Waals surface area (Å²) in [5, 5.41) is 5.73. The Balaban J connectivity index is 2.10. The molecular formula is C10H18N2O. The first kappa shape index (κ1) is 10.1. The molecule has 0 saturated heterocycles. The van der Waals surface area contributed by atoms with Gasteiger partial charge in [0.2, 0.25) is 0 Å². The van der Waals surface area contributed by atoms with E-state index in [0.717, 1.165) is 12.8 Å². The summed E-state index contributed by atoms with van der Waals surface area (Å²) >= 11 is 0. The second kappa shape index (κ2) is 4.90. The van der Waals surface area contributed by atoms with Gasteiger partial charge in [-0.25, -0.2) is 4.79 Å². The summed E-state index contributed by atoms with van der Waals surface area (Å²) < 4.78 is 0. The van der Waals surface area contributed by atoms with Crippen LogP contribution in [0.2, 0.25) is 0 Å². The van der Waals surface area contributed by atoms with Gasteiger partial charge in [-0.2, -0.15) is 0 Å². The lowest BCUT2D eigenvalue weighted by Crippen LogP contribution is -2.45. The predicted molar refractivity (Wildman–Crippen MR) is 53.6 cm³/mol. The Morgan fingerprint density at radius 3 is 2.69 bits per heavy atom. The van der Waals surface area contributed by atoms with Crippen molar-refractivity contribution in [3.63, 3.8) is 0 Å². The third-order valence-electron chi connectivity index (χ3n) is 2.46. The summed E-state index contributed by atoms with van der Waals surface area (Å²) in [4.78, 5) is 11.2. The van der Waals surface area contributed by atoms with Crippen molar-refractivity contribution in [1.82, 2.24) is 10.6 Å². The average molecular weight is 182 g/mol. The van der Waals surface area contributed by atoms with Crippen molar-refractivity contribution in [3.8, 4) is 0 Å². The van der Waals surface area contributed by atoms with Gasteiger partial charge in [0.05, 0.1) is 0 Å². The molecule has 1 rings (SSSR count). The van der Waals surface area contributed by atoms with E-state index in [1.54, 1.807) is 0 Å². The molecule has 74 valence electrons. The van der Waals surface area contributed by atoms with Gasteiger partial charge in [-0.15, -0.1) is 0 Å². The fourth-order valence-corrected chi connectivity index (χ4v) is 1.11. The Kier molecular flexibility index (Phi) is 3.80. The van der Waals surface area contributed by atoms with Crippen LogP contribution in [0.5, 0.6) is 0 Å². The monoisotopic (exact) mass is 182 g/mol. The molecule has 3 nitrogen and oxygen atoms in total. The zero-order chi connectivity index (χ0) is 9.68. The van der Waals surface area contributed by atoms with Gasteiger partial charge in [0.1, 0.15) is 0 Å². The smallest absolute Gasteiger partial charge is 0.315 e. The van der Waals surface area contributed by atoms with E-state index in [4.69, 9.17) is 0 Å². The Morgan fingerprint density at radius 1 is 1.54 bits per heavy atom. The molecule has 0 unspecified atom stereocenters. The topological polar surface area (TPSA) is 41.1 Å². The Bertz CT molecular complexity index is 207. The lowest BCUT2D eigenvalue weighted by atomic mass is 9.93. The van der Waals surface area contributed by atoms with Crippen molar-refractivity contribution in [2.24, 2.45) is 0 Å². The zero-order valence-corrected chi connectivity index (χ0v) is 8.39. The first-order chi connectivity index (χ1) is 6.22. The molecular weight excluding hydrogens is 164 g/mol. The largest absolute Gasteiger partial charge is 0.335 e. The molecule has 2 N–H and O–H groups in total. The van der Waals surface area contributed by atoms with E-state index in [1.807, 2.05) is 19.9 Å². The molecule has 0 bridgehead atoms. The third-order valence-corrected chi connectivity index (χ3v) is 2.46. The number of urea groups is 1. The van der Waals surface area contributed by atoms with Crippen LogP contribution in [0.4, 0.5) is 4.79 Å². The summed E-state index contributed by atoms with van der Waals surface area (Å²) in [7, 11) is 0. The third kappa shape index (κ3) is 3.49. The van der Waals surface area contributed by atoms with Gasteiger partial charge < -0.3 is 10.6 Å². The number of hydrogen-bond acceptors (Lipinski definition) is 1. The van der Waals surface area contributed by atoms with Crippen molar-refractivity contribution in [2.45, 2.75) is 39.2 Å². The van der Waals surface area contributed by atoms with Crippen LogP contribution in [-0.4, -0.2) is 18.6 Å². The quantitative estimate of drug-likeness (QED) is 0.642. The second-order valence-electron chi connectivity index (χ2n) is 3.59. The maximum atomic E-state index is 11.2. The van der Waals surface area contributed by atoms with E-state index >= 15 is 0 Å². The standard InChI is InChI=1S/C10H18N2O/c1-3-8(2)7-11-10(13)12-9-5-4-6-9/h3,9H,4-7H2,1-2H3,(H2,11,12,13)/b8-3+. The highest BCUT2D eigenvalue weighted by Gasteiger charge is 2.18. The lowest BCUT2D eigenvalue weighted by molar-refractivity contribution is 0.229. The number of amides is 2. The van der Waals surface area contributed by atoms with Crippen LogP contribution in [-0.2, 0) is 0 Å². The van der Waals surface area contributed by atoms with Crippen LogP contribution in [0.3, 0.4) is 0 Å². The Morgan fingerprint density at radius 2 is 2.23 bits per heavy atom. The molecule has 3 heteroatoms. The fourth-order valence-electron chi connectivity index (χ4n) is 1.11. The molecule has 0 aromatic carbocycles. The molecule has 1 fully saturated rings. The number of hydrogen-bond donors (Lipinski definition) is 2. The molecule has 0 aliphatic heterocycles. The first-order valence-electron chi connectivity index (χ1n) is 4.88. The van der Waals surface area contributed by atoms with E-state index in [9.17, 15) is 4.79 Å². The van der Waals surface area contributed by atoms with E-state index < -0.39 is 0 Å². The van der Waals surface area contributed by atoms with Crippen molar-refractivity contribution < 1.29 is 4.79 Å². The lowest BCUT2D eigenvalue weighted by Gasteiger charge is -2.26. The highest BCUT2D eigenvalue weighted by molar-refractivity contribution is 5.74. The van der Waals surface area contributed by atoms with Crippen molar-refractivity contribution in [3.05, 3.63) is 11.6 Å². The second-order valence-corrected chi connectivity index (χ2v) is 3.59. The molecule has 0 aromatic heterocycles. The minimum Gasteiger partial charge on any atom is -0.335 e. The van der Waals surface area contributed by atoms with Crippen LogP contribution in [0.15, 0.2) is 11.6 Å². The normalized spacial score (nSPS) is 17.8. The Labute approximate surface area is 79.6 Å². The summed E-state index contributed by atoms with van der Waals surface area (Å²) in [6, 6.07) is 0.386. The van der Waals surface area contributed by atoms with E-state index in [1.165, 1.54) is 12.0 Å². The van der Waals surface area contributed by atoms with Crippen LogP contribution < -0.4 is 10.6 Å². The number of carbonyl (C=O) groups excluding carboxylic acids is 1. The highest BCUT2D eigenvalue weighted by atomic mass is 16.2. The summed E-state index contributed by atoms with van der Waals surface area (Å²) in [5.41, 5.74) is 1.18. The van der Waals surface area contributed by atoms with Crippen LogP contribution in [0.25, 0.3) is 0 Å². The summed E-state index contributed by atoms with van der Waals surface area (Å²) in [5.74, 6) is 0. The first-order valence-corrected chi connectivity index (χ1v) is 4.88. The van der Waals surface area contributed by atoms with Crippen molar-refractivity contribution in [1.29, 1.82) is 0 Å².